The van der Waals surface area contributed by atoms with E-state index in [1.807, 2.05) is 4.90 Å². The fourth-order valence-electron chi connectivity index (χ4n) is 3.59. The van der Waals surface area contributed by atoms with Crippen molar-refractivity contribution in [1.29, 1.82) is 0 Å². The lowest BCUT2D eigenvalue weighted by Crippen LogP contribution is -2.49. The molecule has 2 amide bonds. The molecule has 35 heavy (non-hydrogen) atoms. The first-order valence-electron chi connectivity index (χ1n) is 10.8. The van der Waals surface area contributed by atoms with Crippen LogP contribution in [0.5, 0.6) is 0 Å². The van der Waals surface area contributed by atoms with Gasteiger partial charge in [-0.2, -0.15) is 0 Å². The Labute approximate surface area is 200 Å². The van der Waals surface area contributed by atoms with Gasteiger partial charge in [0.05, 0.1) is 16.7 Å². The minimum absolute atomic E-state index is 0.0256. The highest BCUT2D eigenvalue weighted by Crippen LogP contribution is 2.21. The zero-order valence-corrected chi connectivity index (χ0v) is 18.6. The largest absolute Gasteiger partial charge is 0.459 e. The van der Waals surface area contributed by atoms with Crippen LogP contribution in [0, 0.1) is 10.1 Å². The maximum atomic E-state index is 12.5. The number of carbonyl (C=O) groups excluding carboxylic acids is 3. The van der Waals surface area contributed by atoms with Gasteiger partial charge in [-0.15, -0.1) is 0 Å². The number of ether oxygens (including phenoxy) is 1. The van der Waals surface area contributed by atoms with Crippen LogP contribution in [0.4, 0.5) is 17.1 Å². The zero-order valence-electron chi connectivity index (χ0n) is 18.6. The number of nitrogens with zero attached hydrogens (tertiary/aromatic N) is 3. The van der Waals surface area contributed by atoms with Crippen LogP contribution in [0.25, 0.3) is 0 Å². The topological polar surface area (TPSA) is 135 Å². The number of nitro groups is 1. The molecule has 2 aromatic carbocycles. The van der Waals surface area contributed by atoms with Gasteiger partial charge in [-0.1, -0.05) is 0 Å². The average molecular weight is 478 g/mol. The van der Waals surface area contributed by atoms with Gasteiger partial charge in [0.1, 0.15) is 0 Å². The number of rotatable bonds is 7. The summed E-state index contributed by atoms with van der Waals surface area (Å²) >= 11 is 0. The summed E-state index contributed by atoms with van der Waals surface area (Å²) in [4.78, 5) is 50.8. The van der Waals surface area contributed by atoms with Crippen LogP contribution in [0.3, 0.4) is 0 Å². The molecule has 1 aliphatic heterocycles. The molecular formula is C24H22N4O7. The molecule has 0 aliphatic carbocycles. The van der Waals surface area contributed by atoms with Gasteiger partial charge in [-0.05, 0) is 48.5 Å². The van der Waals surface area contributed by atoms with E-state index in [2.05, 4.69) is 5.32 Å². The van der Waals surface area contributed by atoms with E-state index in [9.17, 15) is 24.5 Å². The molecule has 1 aromatic heterocycles. The fourth-order valence-corrected chi connectivity index (χ4v) is 3.59. The maximum Gasteiger partial charge on any atom is 0.338 e. The number of non-ortho nitro benzene ring substituents is 1. The molecule has 11 heteroatoms. The molecule has 1 N–H and O–H groups in total. The standard InChI is InChI=1S/C24H22N4O7/c29-22(27-13-11-26(12-14-27)19-7-9-20(10-8-19)28(32)33)16-35-24(31)17-3-5-18(6-4-17)25-23(30)21-2-1-15-34-21/h1-10,15H,11-14,16H2,(H,25,30). The zero-order chi connectivity index (χ0) is 24.8. The van der Waals surface area contributed by atoms with Gasteiger partial charge in [0, 0.05) is 49.7 Å². The van der Waals surface area contributed by atoms with Crippen molar-refractivity contribution in [2.24, 2.45) is 0 Å². The Bertz CT molecular complexity index is 1200. The third-order valence-corrected chi connectivity index (χ3v) is 5.51. The van der Waals surface area contributed by atoms with Crippen molar-refractivity contribution in [2.75, 3.05) is 43.0 Å². The van der Waals surface area contributed by atoms with Crippen molar-refractivity contribution in [2.45, 2.75) is 0 Å². The van der Waals surface area contributed by atoms with Crippen LogP contribution in [0.2, 0.25) is 0 Å². The summed E-state index contributed by atoms with van der Waals surface area (Å²) in [6.07, 6.45) is 1.40. The van der Waals surface area contributed by atoms with E-state index in [-0.39, 0.29) is 29.5 Å². The van der Waals surface area contributed by atoms with E-state index in [1.165, 1.54) is 36.6 Å². The summed E-state index contributed by atoms with van der Waals surface area (Å²) in [5, 5.41) is 13.4. The van der Waals surface area contributed by atoms with Crippen LogP contribution in [-0.2, 0) is 9.53 Å². The van der Waals surface area contributed by atoms with E-state index in [0.29, 0.717) is 31.9 Å². The predicted molar refractivity (Wildman–Crippen MR) is 125 cm³/mol. The number of hydrogen-bond acceptors (Lipinski definition) is 8. The molecule has 180 valence electrons. The van der Waals surface area contributed by atoms with E-state index in [4.69, 9.17) is 9.15 Å². The van der Waals surface area contributed by atoms with Crippen molar-refractivity contribution >= 4 is 34.8 Å². The lowest BCUT2D eigenvalue weighted by Gasteiger charge is -2.36. The summed E-state index contributed by atoms with van der Waals surface area (Å²) in [5.41, 5.74) is 1.59. The lowest BCUT2D eigenvalue weighted by atomic mass is 10.2. The quantitative estimate of drug-likeness (QED) is 0.311. The second-order valence-electron chi connectivity index (χ2n) is 7.73. The second-order valence-corrected chi connectivity index (χ2v) is 7.73. The third-order valence-electron chi connectivity index (χ3n) is 5.51. The molecule has 0 spiro atoms. The molecule has 0 unspecified atom stereocenters. The molecule has 3 aromatic rings. The Kier molecular flexibility index (Phi) is 7.05. The number of piperazine rings is 1. The van der Waals surface area contributed by atoms with Crippen molar-refractivity contribution in [3.63, 3.8) is 0 Å². The first-order chi connectivity index (χ1) is 16.9. The van der Waals surface area contributed by atoms with Crippen molar-refractivity contribution < 1.29 is 28.5 Å². The van der Waals surface area contributed by atoms with Crippen molar-refractivity contribution in [1.82, 2.24) is 4.90 Å². The Morgan fingerprint density at radius 1 is 0.971 bits per heavy atom. The molecule has 2 heterocycles. The summed E-state index contributed by atoms with van der Waals surface area (Å²) in [6, 6.07) is 15.5. The monoisotopic (exact) mass is 478 g/mol. The Morgan fingerprint density at radius 3 is 2.26 bits per heavy atom. The van der Waals surface area contributed by atoms with Crippen molar-refractivity contribution in [3.05, 3.63) is 88.4 Å². The summed E-state index contributed by atoms with van der Waals surface area (Å²) in [5.74, 6) is -1.19. The number of benzene rings is 2. The molecule has 1 aliphatic rings. The number of furan rings is 1. The van der Waals surface area contributed by atoms with Gasteiger partial charge in [0.25, 0.3) is 17.5 Å². The summed E-state index contributed by atoms with van der Waals surface area (Å²) in [6.45, 7) is 1.62. The van der Waals surface area contributed by atoms with Gasteiger partial charge >= 0.3 is 5.97 Å². The second kappa shape index (κ2) is 10.5. The number of carbonyl (C=O) groups is 3. The predicted octanol–water partition coefficient (Wildman–Crippen LogP) is 2.95. The molecule has 1 fully saturated rings. The average Bonchev–Trinajstić information content (AvgIpc) is 3.43. The highest BCUT2D eigenvalue weighted by molar-refractivity contribution is 6.02. The van der Waals surface area contributed by atoms with Gasteiger partial charge in [0.15, 0.2) is 12.4 Å². The highest BCUT2D eigenvalue weighted by Gasteiger charge is 2.23. The SMILES string of the molecule is O=C(OCC(=O)N1CCN(c2ccc([N+](=O)[O-])cc2)CC1)c1ccc(NC(=O)c2ccco2)cc1. The van der Waals surface area contributed by atoms with Crippen molar-refractivity contribution in [3.8, 4) is 0 Å². The molecule has 0 radical (unpaired) electrons. The maximum absolute atomic E-state index is 12.5. The van der Waals surface area contributed by atoms with E-state index in [1.54, 1.807) is 35.2 Å². The van der Waals surface area contributed by atoms with Crippen LogP contribution in [0.1, 0.15) is 20.9 Å². The van der Waals surface area contributed by atoms with Crippen LogP contribution < -0.4 is 10.2 Å². The van der Waals surface area contributed by atoms with Gasteiger partial charge < -0.3 is 24.3 Å². The lowest BCUT2D eigenvalue weighted by molar-refractivity contribution is -0.384. The molecule has 0 bridgehead atoms. The minimum atomic E-state index is -0.647. The fraction of sp³-hybridized carbons (Fsp3) is 0.208. The van der Waals surface area contributed by atoms with Crippen LogP contribution in [0.15, 0.2) is 71.3 Å². The molecule has 4 rings (SSSR count). The molecule has 0 saturated carbocycles. The van der Waals surface area contributed by atoms with E-state index in [0.717, 1.165) is 5.69 Å². The smallest absolute Gasteiger partial charge is 0.338 e. The number of nitro benzene ring substituents is 1. The van der Waals surface area contributed by atoms with Gasteiger partial charge in [0.2, 0.25) is 0 Å². The van der Waals surface area contributed by atoms with E-state index < -0.39 is 16.8 Å². The minimum Gasteiger partial charge on any atom is -0.459 e. The molecule has 1 saturated heterocycles. The summed E-state index contributed by atoms with van der Waals surface area (Å²) in [7, 11) is 0. The Morgan fingerprint density at radius 2 is 1.66 bits per heavy atom. The molecule has 11 nitrogen and oxygen atoms in total. The molecule has 0 atom stereocenters. The van der Waals surface area contributed by atoms with Crippen LogP contribution >= 0.6 is 0 Å². The van der Waals surface area contributed by atoms with E-state index >= 15 is 0 Å². The summed E-state index contributed by atoms with van der Waals surface area (Å²) < 4.78 is 10.2. The number of amides is 2. The number of esters is 1. The molecular weight excluding hydrogens is 456 g/mol. The number of nitrogens with one attached hydrogen (secondary N) is 1. The first-order valence-corrected chi connectivity index (χ1v) is 10.8. The number of hydrogen-bond donors (Lipinski definition) is 1. The van der Waals surface area contributed by atoms with Gasteiger partial charge in [-0.25, -0.2) is 4.79 Å². The first kappa shape index (κ1) is 23.5. The number of anilines is 2. The Hall–Kier alpha value is -4.67. The highest BCUT2D eigenvalue weighted by atomic mass is 16.6. The van der Waals surface area contributed by atoms with Gasteiger partial charge in [-0.3, -0.25) is 19.7 Å². The normalized spacial score (nSPS) is 13.3. The Balaban J connectivity index is 1.22. The third kappa shape index (κ3) is 5.82. The van der Waals surface area contributed by atoms with Crippen LogP contribution in [-0.4, -0.2) is 60.4 Å².